The average molecular weight is 792 g/mol. The van der Waals surface area contributed by atoms with Crippen LogP contribution in [0.15, 0.2) is 33.9 Å². The number of carboxylic acids is 1. The van der Waals surface area contributed by atoms with Gasteiger partial charge in [-0.2, -0.15) is 0 Å². The molecule has 1 fully saturated rings. The lowest BCUT2D eigenvalue weighted by Gasteiger charge is -2.56. The lowest BCUT2D eigenvalue weighted by molar-refractivity contribution is -0.192. The molecule has 3 amide bonds. The minimum atomic E-state index is -2.07. The van der Waals surface area contributed by atoms with Crippen LogP contribution >= 0.6 is 34.9 Å². The number of thiazole rings is 1. The number of anilines is 1. The number of hydrogen-bond donors (Lipinski definition) is 4. The predicted octanol–water partition coefficient (Wildman–Crippen LogP) is 0.000800. The highest BCUT2D eigenvalue weighted by Gasteiger charge is 2.67. The van der Waals surface area contributed by atoms with Gasteiger partial charge in [-0.05, 0) is 28.1 Å². The Bertz CT molecular complexity index is 2030. The van der Waals surface area contributed by atoms with Crippen molar-refractivity contribution in [2.75, 3.05) is 24.3 Å². The highest BCUT2D eigenvalue weighted by molar-refractivity contribution is 8.01. The van der Waals surface area contributed by atoms with E-state index in [0.717, 1.165) is 68.0 Å². The molecule has 21 nitrogen and oxygen atoms in total. The molecule has 0 saturated carbocycles. The number of rotatable bonds is 13. The highest BCUT2D eigenvalue weighted by Crippen LogP contribution is 2.47. The van der Waals surface area contributed by atoms with Crippen LogP contribution in [0.2, 0.25) is 0 Å². The number of fused-ring (bicyclic) bond motifs is 1. The lowest BCUT2D eigenvalue weighted by atomic mass is 9.97. The third-order valence-corrected chi connectivity index (χ3v) is 10.5. The Kier molecular flexibility index (Phi) is 11.3. The van der Waals surface area contributed by atoms with E-state index in [2.05, 4.69) is 31.1 Å². The highest BCUT2D eigenvalue weighted by atomic mass is 32.2. The number of esters is 3. The van der Waals surface area contributed by atoms with Gasteiger partial charge in [-0.3, -0.25) is 33.7 Å². The summed E-state index contributed by atoms with van der Waals surface area (Å²) in [7, 11) is 2.77. The second-order valence-corrected chi connectivity index (χ2v) is 13.9. The molecule has 280 valence electrons. The molecule has 1 saturated heterocycles. The number of methoxy groups -OCH3 is 1. The van der Waals surface area contributed by atoms with Crippen molar-refractivity contribution in [3.05, 3.63) is 40.0 Å². The Balaban J connectivity index is 1.44. The number of nitrogen functional groups attached to an aromatic ring is 1. The fourth-order valence-corrected chi connectivity index (χ4v) is 8.16. The monoisotopic (exact) mass is 791 g/mol. The summed E-state index contributed by atoms with van der Waals surface area (Å²) in [4.78, 5) is 94.7. The predicted molar refractivity (Wildman–Crippen MR) is 182 cm³/mol. The van der Waals surface area contributed by atoms with E-state index in [1.165, 1.54) is 21.8 Å². The molecule has 0 radical (unpaired) electrons. The number of ether oxygens (including phenoxy) is 4. The van der Waals surface area contributed by atoms with E-state index in [0.29, 0.717) is 10.7 Å². The van der Waals surface area contributed by atoms with Crippen LogP contribution in [0.1, 0.15) is 42.9 Å². The maximum atomic E-state index is 14.0. The molecule has 3 aromatic rings. The topological polar surface area (TPSA) is 286 Å². The molecule has 1 aromatic carbocycles. The van der Waals surface area contributed by atoms with Gasteiger partial charge < -0.3 is 40.4 Å². The Morgan fingerprint density at radius 2 is 1.74 bits per heavy atom. The molecule has 5 rings (SSSR count). The molecule has 2 aromatic heterocycles. The summed E-state index contributed by atoms with van der Waals surface area (Å²) in [5, 5.41) is 27.1. The van der Waals surface area contributed by atoms with Gasteiger partial charge in [0.2, 0.25) is 10.9 Å². The van der Waals surface area contributed by atoms with Crippen LogP contribution in [-0.2, 0) is 40.6 Å². The number of nitrogens with two attached hydrogens (primary N) is 1. The number of tetrazole rings is 1. The normalized spacial score (nSPS) is 18.3. The number of benzene rings is 1. The molecule has 1 unspecified atom stereocenters. The Morgan fingerprint density at radius 1 is 1.09 bits per heavy atom. The first-order valence-electron chi connectivity index (χ1n) is 14.9. The Morgan fingerprint density at radius 3 is 2.25 bits per heavy atom. The standard InChI is InChI=1S/C29H29N9O12S3/c1-11(39)48-17-6-14(7-18(49-12(2)40)21(17)50-13(3)41)22(42)32-19(16-10-52-27(30)31-16)23(43)33-29(47-5)25(46)38-20(24(44)45)15(8-51-26(29)38)9-53-28-34-35-36-37(28)4/h6-7,10,19,26H,8-9H2,1-5H3,(H2,30,31)(H,32,42)(H,33,43)(H,44,45)/t19?,26-,29-/m0/s1. The van der Waals surface area contributed by atoms with Crippen molar-refractivity contribution < 1.29 is 57.6 Å². The molecule has 2 aliphatic heterocycles. The van der Waals surface area contributed by atoms with Crippen molar-refractivity contribution in [3.63, 3.8) is 0 Å². The van der Waals surface area contributed by atoms with Gasteiger partial charge >= 0.3 is 23.9 Å². The smallest absolute Gasteiger partial charge is 0.352 e. The SMILES string of the molecule is CO[C@@]1(NC(=O)C(NC(=O)c2cc(OC(C)=O)c(OC(C)=O)c(OC(C)=O)c2)c2csc(N)n2)C(=O)N2C(C(=O)O)=C(CSc3nnnn3C)CS[C@H]21. The number of carboxylic acid groups (broad SMARTS) is 1. The van der Waals surface area contributed by atoms with Gasteiger partial charge in [0.25, 0.3) is 23.4 Å². The van der Waals surface area contributed by atoms with E-state index in [9.17, 15) is 38.7 Å². The summed E-state index contributed by atoms with van der Waals surface area (Å²) in [6.45, 7) is 3.11. The largest absolute Gasteiger partial charge is 0.477 e. The number of aliphatic carboxylic acids is 1. The molecule has 5 N–H and O–H groups in total. The van der Waals surface area contributed by atoms with Crippen molar-refractivity contribution in [3.8, 4) is 17.2 Å². The van der Waals surface area contributed by atoms with Crippen molar-refractivity contribution >= 4 is 81.6 Å². The van der Waals surface area contributed by atoms with Crippen molar-refractivity contribution in [1.82, 2.24) is 40.7 Å². The van der Waals surface area contributed by atoms with E-state index in [1.54, 1.807) is 7.05 Å². The molecule has 53 heavy (non-hydrogen) atoms. The van der Waals surface area contributed by atoms with Gasteiger partial charge in [0.15, 0.2) is 22.7 Å². The number of aryl methyl sites for hydroxylation is 1. The van der Waals surface area contributed by atoms with Gasteiger partial charge in [-0.1, -0.05) is 11.8 Å². The second kappa shape index (κ2) is 15.6. The van der Waals surface area contributed by atoms with Gasteiger partial charge in [-0.15, -0.1) is 28.2 Å². The van der Waals surface area contributed by atoms with Crippen molar-refractivity contribution in [2.45, 2.75) is 43.1 Å². The Hall–Kier alpha value is -5.59. The number of nitrogens with zero attached hydrogens (tertiary/aromatic N) is 6. The van der Waals surface area contributed by atoms with Crippen LogP contribution < -0.4 is 30.6 Å². The van der Waals surface area contributed by atoms with E-state index < -0.39 is 76.0 Å². The summed E-state index contributed by atoms with van der Waals surface area (Å²) in [6.07, 6.45) is 0. The molecular formula is C29H29N9O12S3. The third kappa shape index (κ3) is 7.93. The minimum absolute atomic E-state index is 0.0287. The zero-order valence-corrected chi connectivity index (χ0v) is 30.7. The molecule has 0 bridgehead atoms. The number of amides is 3. The number of nitrogens with one attached hydrogen (secondary N) is 2. The first-order chi connectivity index (χ1) is 25.1. The number of aromatic nitrogens is 5. The fourth-order valence-electron chi connectivity index (χ4n) is 5.14. The van der Waals surface area contributed by atoms with Crippen LogP contribution in [-0.4, -0.2) is 107 Å². The van der Waals surface area contributed by atoms with Crippen LogP contribution in [0, 0.1) is 0 Å². The number of hydrogen-bond acceptors (Lipinski definition) is 19. The third-order valence-electron chi connectivity index (χ3n) is 7.31. The lowest BCUT2D eigenvalue weighted by Crippen LogP contribution is -2.81. The maximum Gasteiger partial charge on any atom is 0.352 e. The van der Waals surface area contributed by atoms with Crippen LogP contribution in [0.5, 0.6) is 17.2 Å². The first-order valence-corrected chi connectivity index (χ1v) is 17.9. The van der Waals surface area contributed by atoms with E-state index in [1.807, 2.05) is 0 Å². The zero-order valence-electron chi connectivity index (χ0n) is 28.2. The summed E-state index contributed by atoms with van der Waals surface area (Å²) in [5.74, 6) is -8.02. The number of carbonyl (C=O) groups is 7. The fraction of sp³-hybridized carbons (Fsp3) is 0.345. The second-order valence-electron chi connectivity index (χ2n) is 11.0. The average Bonchev–Trinajstić information content (AvgIpc) is 3.71. The summed E-state index contributed by atoms with van der Waals surface area (Å²) in [5.41, 5.74) is 3.49. The van der Waals surface area contributed by atoms with Crippen LogP contribution in [0.25, 0.3) is 0 Å². The molecule has 2 aliphatic rings. The van der Waals surface area contributed by atoms with E-state index >= 15 is 0 Å². The Labute approximate surface area is 310 Å². The molecule has 3 atom stereocenters. The van der Waals surface area contributed by atoms with Gasteiger partial charge in [0, 0.05) is 57.4 Å². The van der Waals surface area contributed by atoms with Gasteiger partial charge in [0.1, 0.15) is 11.1 Å². The molecule has 0 aliphatic carbocycles. The molecular weight excluding hydrogens is 763 g/mol. The number of β-lactam (4-membered cyclic amide) rings is 1. The summed E-state index contributed by atoms with van der Waals surface area (Å²) >= 11 is 3.25. The van der Waals surface area contributed by atoms with Gasteiger partial charge in [-0.25, -0.2) is 14.5 Å². The summed E-state index contributed by atoms with van der Waals surface area (Å²) in [6, 6.07) is 0.360. The van der Waals surface area contributed by atoms with Crippen LogP contribution in [0.4, 0.5) is 5.13 Å². The summed E-state index contributed by atoms with van der Waals surface area (Å²) < 4.78 is 22.3. The van der Waals surface area contributed by atoms with Crippen LogP contribution in [0.3, 0.4) is 0 Å². The van der Waals surface area contributed by atoms with Gasteiger partial charge in [0.05, 0.1) is 5.69 Å². The molecule has 4 heterocycles. The first kappa shape index (κ1) is 38.6. The maximum absolute atomic E-state index is 14.0. The zero-order chi connectivity index (χ0) is 38.8. The molecule has 24 heteroatoms. The van der Waals surface area contributed by atoms with E-state index in [4.69, 9.17) is 24.7 Å². The quantitative estimate of drug-likeness (QED) is 0.0582. The minimum Gasteiger partial charge on any atom is -0.477 e. The van der Waals surface area contributed by atoms with Crippen molar-refractivity contribution in [2.24, 2.45) is 7.05 Å². The molecule has 0 spiro atoms. The van der Waals surface area contributed by atoms with E-state index in [-0.39, 0.29) is 33.6 Å². The number of thioether (sulfide) groups is 2. The number of carbonyl (C=O) groups excluding carboxylic acids is 6. The van der Waals surface area contributed by atoms with Crippen molar-refractivity contribution in [1.29, 1.82) is 0 Å².